The van der Waals surface area contributed by atoms with Crippen molar-refractivity contribution < 1.29 is 14.6 Å². The molecule has 2 heterocycles. The summed E-state index contributed by atoms with van der Waals surface area (Å²) < 4.78 is 6.02. The molecule has 0 spiro atoms. The number of likely N-dealkylation sites (tertiary alicyclic amines) is 1. The molecular weight excluding hydrogens is 242 g/mol. The molecule has 0 radical (unpaired) electrons. The number of rotatable bonds is 4. The Morgan fingerprint density at radius 3 is 2.68 bits per heavy atom. The molecule has 0 aromatic rings. The molecule has 0 bridgehead atoms. The van der Waals surface area contributed by atoms with Crippen LogP contribution in [0.3, 0.4) is 0 Å². The van der Waals surface area contributed by atoms with Crippen molar-refractivity contribution in [3.8, 4) is 0 Å². The summed E-state index contributed by atoms with van der Waals surface area (Å²) in [7, 11) is 0. The van der Waals surface area contributed by atoms with Gasteiger partial charge in [0.15, 0.2) is 0 Å². The van der Waals surface area contributed by atoms with Gasteiger partial charge < -0.3 is 9.84 Å². The number of carbonyl (C=O) groups is 1. The van der Waals surface area contributed by atoms with Gasteiger partial charge in [0.25, 0.3) is 0 Å². The van der Waals surface area contributed by atoms with E-state index >= 15 is 0 Å². The van der Waals surface area contributed by atoms with Crippen molar-refractivity contribution in [3.63, 3.8) is 0 Å². The van der Waals surface area contributed by atoms with Crippen LogP contribution in [0.4, 0.5) is 0 Å². The highest BCUT2D eigenvalue weighted by atomic mass is 16.5. The van der Waals surface area contributed by atoms with E-state index in [2.05, 4.69) is 18.7 Å². The Kier molecular flexibility index (Phi) is 4.21. The zero-order valence-corrected chi connectivity index (χ0v) is 12.4. The lowest BCUT2D eigenvalue weighted by Crippen LogP contribution is -2.49. The van der Waals surface area contributed by atoms with E-state index in [0.29, 0.717) is 6.54 Å². The van der Waals surface area contributed by atoms with Crippen molar-refractivity contribution in [3.05, 3.63) is 0 Å². The molecule has 2 atom stereocenters. The Morgan fingerprint density at radius 2 is 2.16 bits per heavy atom. The van der Waals surface area contributed by atoms with E-state index in [-0.39, 0.29) is 11.7 Å². The number of carboxylic acid groups (broad SMARTS) is 1. The van der Waals surface area contributed by atoms with Crippen LogP contribution < -0.4 is 0 Å². The number of ether oxygens (including phenoxy) is 1. The molecule has 2 aliphatic rings. The second-order valence-corrected chi connectivity index (χ2v) is 6.82. The molecular formula is C15H27NO3. The molecule has 4 nitrogen and oxygen atoms in total. The second kappa shape index (κ2) is 5.41. The zero-order chi connectivity index (χ0) is 14.1. The maximum atomic E-state index is 11.5. The Balaban J connectivity index is 1.93. The van der Waals surface area contributed by atoms with Gasteiger partial charge in [0.1, 0.15) is 0 Å². The lowest BCUT2D eigenvalue weighted by atomic mass is 9.77. The van der Waals surface area contributed by atoms with Crippen LogP contribution in [0.5, 0.6) is 0 Å². The van der Waals surface area contributed by atoms with Crippen LogP contribution in [0.15, 0.2) is 0 Å². The first-order chi connectivity index (χ1) is 8.87. The average Bonchev–Trinajstić information content (AvgIpc) is 2.68. The number of nitrogens with zero attached hydrogens (tertiary/aromatic N) is 1. The third-order valence-electron chi connectivity index (χ3n) is 4.80. The fourth-order valence-electron chi connectivity index (χ4n) is 3.49. The summed E-state index contributed by atoms with van der Waals surface area (Å²) in [5.74, 6) is -0.632. The van der Waals surface area contributed by atoms with Gasteiger partial charge in [-0.05, 0) is 52.5 Å². The molecule has 4 heteroatoms. The number of piperidine rings is 1. The summed E-state index contributed by atoms with van der Waals surface area (Å²) in [6.45, 7) is 8.84. The number of hydrogen-bond donors (Lipinski definition) is 1. The molecule has 2 unspecified atom stereocenters. The molecule has 110 valence electrons. The summed E-state index contributed by atoms with van der Waals surface area (Å²) in [5.41, 5.74) is -0.540. The van der Waals surface area contributed by atoms with E-state index in [0.717, 1.165) is 45.2 Å². The van der Waals surface area contributed by atoms with Crippen LogP contribution in [0, 0.1) is 5.41 Å². The predicted octanol–water partition coefficient (Wildman–Crippen LogP) is 2.52. The lowest BCUT2D eigenvalue weighted by molar-refractivity contribution is -0.153. The second-order valence-electron chi connectivity index (χ2n) is 6.82. The summed E-state index contributed by atoms with van der Waals surface area (Å²) in [4.78, 5) is 13.8. The van der Waals surface area contributed by atoms with E-state index in [4.69, 9.17) is 4.74 Å². The number of hydrogen-bond acceptors (Lipinski definition) is 3. The highest BCUT2D eigenvalue weighted by molar-refractivity contribution is 5.75. The molecule has 2 aliphatic heterocycles. The highest BCUT2D eigenvalue weighted by Gasteiger charge is 2.42. The van der Waals surface area contributed by atoms with Crippen molar-refractivity contribution in [2.45, 2.75) is 64.6 Å². The normalized spacial score (nSPS) is 35.4. The van der Waals surface area contributed by atoms with Gasteiger partial charge in [0.05, 0.1) is 17.1 Å². The standard InChI is InChI=1S/C15H27NO3/c1-4-15(13(17)18)7-5-9-16(11-15)10-12-6-8-14(2,3)19-12/h12H,4-11H2,1-3H3,(H,17,18). The van der Waals surface area contributed by atoms with E-state index < -0.39 is 11.4 Å². The van der Waals surface area contributed by atoms with Gasteiger partial charge in [-0.3, -0.25) is 9.69 Å². The largest absolute Gasteiger partial charge is 0.481 e. The lowest BCUT2D eigenvalue weighted by Gasteiger charge is -2.40. The van der Waals surface area contributed by atoms with Crippen LogP contribution in [-0.2, 0) is 9.53 Å². The molecule has 0 amide bonds. The summed E-state index contributed by atoms with van der Waals surface area (Å²) >= 11 is 0. The molecule has 2 fully saturated rings. The van der Waals surface area contributed by atoms with Crippen molar-refractivity contribution in [1.82, 2.24) is 4.90 Å². The maximum Gasteiger partial charge on any atom is 0.310 e. The highest BCUT2D eigenvalue weighted by Crippen LogP contribution is 2.35. The summed E-state index contributed by atoms with van der Waals surface area (Å²) in [6.07, 6.45) is 4.98. The van der Waals surface area contributed by atoms with E-state index in [1.54, 1.807) is 0 Å². The van der Waals surface area contributed by atoms with E-state index in [1.807, 2.05) is 6.92 Å². The first-order valence-corrected chi connectivity index (χ1v) is 7.50. The smallest absolute Gasteiger partial charge is 0.310 e. The van der Waals surface area contributed by atoms with Crippen LogP contribution in [0.25, 0.3) is 0 Å². The van der Waals surface area contributed by atoms with E-state index in [9.17, 15) is 9.90 Å². The molecule has 0 aromatic carbocycles. The van der Waals surface area contributed by atoms with Gasteiger partial charge in [0, 0.05) is 13.1 Å². The van der Waals surface area contributed by atoms with Crippen molar-refractivity contribution in [1.29, 1.82) is 0 Å². The van der Waals surface area contributed by atoms with Crippen molar-refractivity contribution >= 4 is 5.97 Å². The topological polar surface area (TPSA) is 49.8 Å². The third-order valence-corrected chi connectivity index (χ3v) is 4.80. The van der Waals surface area contributed by atoms with Crippen molar-refractivity contribution in [2.75, 3.05) is 19.6 Å². The quantitative estimate of drug-likeness (QED) is 0.852. The third kappa shape index (κ3) is 3.29. The number of carboxylic acids is 1. The van der Waals surface area contributed by atoms with Crippen LogP contribution >= 0.6 is 0 Å². The van der Waals surface area contributed by atoms with Gasteiger partial charge in [-0.25, -0.2) is 0 Å². The van der Waals surface area contributed by atoms with Gasteiger partial charge in [-0.15, -0.1) is 0 Å². The predicted molar refractivity (Wildman–Crippen MR) is 74.2 cm³/mol. The molecule has 0 aromatic heterocycles. The minimum atomic E-state index is -0.632. The van der Waals surface area contributed by atoms with Crippen molar-refractivity contribution in [2.24, 2.45) is 5.41 Å². The fraction of sp³-hybridized carbons (Fsp3) is 0.933. The summed E-state index contributed by atoms with van der Waals surface area (Å²) in [6, 6.07) is 0. The Hall–Kier alpha value is -0.610. The molecule has 2 saturated heterocycles. The maximum absolute atomic E-state index is 11.5. The minimum absolute atomic E-state index is 0.00486. The molecule has 0 aliphatic carbocycles. The SMILES string of the molecule is CCC1(C(=O)O)CCCN(CC2CCC(C)(C)O2)C1. The van der Waals surface area contributed by atoms with Gasteiger partial charge in [-0.2, -0.15) is 0 Å². The van der Waals surface area contributed by atoms with Crippen LogP contribution in [-0.4, -0.2) is 47.3 Å². The molecule has 2 rings (SSSR count). The van der Waals surface area contributed by atoms with Crippen LogP contribution in [0.1, 0.15) is 52.9 Å². The van der Waals surface area contributed by atoms with Crippen LogP contribution in [0.2, 0.25) is 0 Å². The summed E-state index contributed by atoms with van der Waals surface area (Å²) in [5, 5.41) is 9.49. The number of aliphatic carboxylic acids is 1. The molecule has 0 saturated carbocycles. The van der Waals surface area contributed by atoms with Gasteiger partial charge in [-0.1, -0.05) is 6.92 Å². The van der Waals surface area contributed by atoms with Gasteiger partial charge in [0.2, 0.25) is 0 Å². The molecule has 1 N–H and O–H groups in total. The molecule has 19 heavy (non-hydrogen) atoms. The minimum Gasteiger partial charge on any atom is -0.481 e. The monoisotopic (exact) mass is 269 g/mol. The van der Waals surface area contributed by atoms with E-state index in [1.165, 1.54) is 0 Å². The fourth-order valence-corrected chi connectivity index (χ4v) is 3.49. The van der Waals surface area contributed by atoms with Gasteiger partial charge >= 0.3 is 5.97 Å². The zero-order valence-electron chi connectivity index (χ0n) is 12.4. The first-order valence-electron chi connectivity index (χ1n) is 7.50. The Labute approximate surface area is 116 Å². The Morgan fingerprint density at radius 1 is 1.42 bits per heavy atom. The Bertz CT molecular complexity index is 342. The first kappa shape index (κ1) is 14.8. The average molecular weight is 269 g/mol.